The third-order valence-electron chi connectivity index (χ3n) is 3.97. The van der Waals surface area contributed by atoms with E-state index in [4.69, 9.17) is 28.3 Å². The van der Waals surface area contributed by atoms with Crippen molar-refractivity contribution < 1.29 is 19.5 Å². The Morgan fingerprint density at radius 3 is 2.35 bits per heavy atom. The zero-order valence-corrected chi connectivity index (χ0v) is 14.2. The SMILES string of the molecule is CC(=O)c1c(Cl)cc(Cl)cc1C(=O)N(CC(=O)O)C1CCCC1. The Balaban J connectivity index is 2.47. The largest absolute Gasteiger partial charge is 0.480 e. The van der Waals surface area contributed by atoms with Crippen LogP contribution in [0.3, 0.4) is 0 Å². The predicted octanol–water partition coefficient (Wildman–Crippen LogP) is 3.67. The summed E-state index contributed by atoms with van der Waals surface area (Å²) in [6, 6.07) is 2.63. The normalized spacial score (nSPS) is 14.7. The number of aliphatic carboxylic acids is 1. The second-order valence-electron chi connectivity index (χ2n) is 5.63. The summed E-state index contributed by atoms with van der Waals surface area (Å²) in [6.45, 7) is 0.897. The Bertz CT molecular complexity index is 654. The van der Waals surface area contributed by atoms with Crippen molar-refractivity contribution in [3.63, 3.8) is 0 Å². The van der Waals surface area contributed by atoms with Gasteiger partial charge in [0.1, 0.15) is 6.54 Å². The van der Waals surface area contributed by atoms with Crippen LogP contribution in [0.5, 0.6) is 0 Å². The molecule has 0 aliphatic heterocycles. The number of nitrogens with zero attached hydrogens (tertiary/aromatic N) is 1. The second kappa shape index (κ2) is 7.32. The topological polar surface area (TPSA) is 74.7 Å². The van der Waals surface area contributed by atoms with Crippen LogP contribution < -0.4 is 0 Å². The van der Waals surface area contributed by atoms with E-state index >= 15 is 0 Å². The fraction of sp³-hybridized carbons (Fsp3) is 0.438. The molecule has 0 bridgehead atoms. The first kappa shape index (κ1) is 17.8. The van der Waals surface area contributed by atoms with E-state index in [1.165, 1.54) is 24.0 Å². The molecule has 1 saturated carbocycles. The first-order chi connectivity index (χ1) is 10.8. The summed E-state index contributed by atoms with van der Waals surface area (Å²) >= 11 is 12.0. The smallest absolute Gasteiger partial charge is 0.323 e. The van der Waals surface area contributed by atoms with E-state index in [1.807, 2.05) is 0 Å². The minimum atomic E-state index is -1.09. The molecular formula is C16H17Cl2NO4. The quantitative estimate of drug-likeness (QED) is 0.815. The Kier molecular flexibility index (Phi) is 5.65. The van der Waals surface area contributed by atoms with Gasteiger partial charge in [-0.25, -0.2) is 0 Å². The molecule has 1 aliphatic carbocycles. The highest BCUT2D eigenvalue weighted by Gasteiger charge is 2.31. The van der Waals surface area contributed by atoms with Crippen LogP contribution in [-0.4, -0.2) is 40.3 Å². The molecular weight excluding hydrogens is 341 g/mol. The molecule has 0 unspecified atom stereocenters. The van der Waals surface area contributed by atoms with E-state index in [2.05, 4.69) is 0 Å². The van der Waals surface area contributed by atoms with Gasteiger partial charge < -0.3 is 10.0 Å². The molecule has 7 heteroatoms. The number of rotatable bonds is 5. The zero-order valence-electron chi connectivity index (χ0n) is 12.6. The Labute approximate surface area is 144 Å². The van der Waals surface area contributed by atoms with Crippen molar-refractivity contribution in [2.45, 2.75) is 38.6 Å². The molecule has 5 nitrogen and oxygen atoms in total. The predicted molar refractivity (Wildman–Crippen MR) is 87.4 cm³/mol. The molecule has 2 rings (SSSR count). The first-order valence-electron chi connectivity index (χ1n) is 7.34. The van der Waals surface area contributed by atoms with Crippen molar-refractivity contribution >= 4 is 40.9 Å². The summed E-state index contributed by atoms with van der Waals surface area (Å²) in [4.78, 5) is 37.2. The lowest BCUT2D eigenvalue weighted by Gasteiger charge is -2.28. The molecule has 23 heavy (non-hydrogen) atoms. The molecule has 0 heterocycles. The lowest BCUT2D eigenvalue weighted by molar-refractivity contribution is -0.138. The van der Waals surface area contributed by atoms with Gasteiger partial charge in [-0.2, -0.15) is 0 Å². The number of hydrogen-bond donors (Lipinski definition) is 1. The summed E-state index contributed by atoms with van der Waals surface area (Å²) in [7, 11) is 0. The first-order valence-corrected chi connectivity index (χ1v) is 8.09. The molecule has 0 atom stereocenters. The van der Waals surface area contributed by atoms with Gasteiger partial charge in [-0.3, -0.25) is 14.4 Å². The van der Waals surface area contributed by atoms with Gasteiger partial charge in [0, 0.05) is 16.6 Å². The van der Waals surface area contributed by atoms with Crippen LogP contribution in [0.4, 0.5) is 0 Å². The van der Waals surface area contributed by atoms with Gasteiger partial charge in [0.2, 0.25) is 0 Å². The van der Waals surface area contributed by atoms with E-state index in [9.17, 15) is 14.4 Å². The van der Waals surface area contributed by atoms with Gasteiger partial charge in [0.05, 0.1) is 10.6 Å². The van der Waals surface area contributed by atoms with Crippen molar-refractivity contribution in [2.24, 2.45) is 0 Å². The van der Waals surface area contributed by atoms with Crippen LogP contribution in [0.1, 0.15) is 53.3 Å². The Morgan fingerprint density at radius 2 is 1.83 bits per heavy atom. The standard InChI is InChI=1S/C16H17Cl2NO4/c1-9(20)15-12(6-10(17)7-13(15)18)16(23)19(8-14(21)22)11-4-2-3-5-11/h6-7,11H,2-5,8H2,1H3,(H,21,22). The van der Waals surface area contributed by atoms with Gasteiger partial charge in [-0.15, -0.1) is 0 Å². The lowest BCUT2D eigenvalue weighted by Crippen LogP contribution is -2.42. The van der Waals surface area contributed by atoms with Gasteiger partial charge in [0.25, 0.3) is 5.91 Å². The van der Waals surface area contributed by atoms with Crippen LogP contribution in [-0.2, 0) is 4.79 Å². The van der Waals surface area contributed by atoms with Crippen molar-refractivity contribution in [2.75, 3.05) is 6.54 Å². The summed E-state index contributed by atoms with van der Waals surface area (Å²) < 4.78 is 0. The molecule has 1 aromatic carbocycles. The molecule has 0 radical (unpaired) electrons. The van der Waals surface area contributed by atoms with Crippen molar-refractivity contribution in [3.8, 4) is 0 Å². The highest BCUT2D eigenvalue weighted by molar-refractivity contribution is 6.38. The average Bonchev–Trinajstić information content (AvgIpc) is 2.96. The highest BCUT2D eigenvalue weighted by Crippen LogP contribution is 2.30. The van der Waals surface area contributed by atoms with E-state index in [0.29, 0.717) is 0 Å². The lowest BCUT2D eigenvalue weighted by atomic mass is 10.0. The van der Waals surface area contributed by atoms with Gasteiger partial charge in [-0.05, 0) is 31.9 Å². The maximum atomic E-state index is 12.9. The van der Waals surface area contributed by atoms with E-state index < -0.39 is 18.4 Å². The molecule has 0 saturated heterocycles. The van der Waals surface area contributed by atoms with Gasteiger partial charge in [0.15, 0.2) is 5.78 Å². The number of ketones is 1. The third-order valence-corrected chi connectivity index (χ3v) is 4.49. The van der Waals surface area contributed by atoms with Crippen LogP contribution in [0.2, 0.25) is 10.0 Å². The zero-order chi connectivity index (χ0) is 17.1. The number of Topliss-reactive ketones (excluding diaryl/α,β-unsaturated/α-hetero) is 1. The fourth-order valence-corrected chi connectivity index (χ4v) is 3.61. The number of halogens is 2. The summed E-state index contributed by atoms with van der Waals surface area (Å²) in [6.07, 6.45) is 3.40. The third kappa shape index (κ3) is 4.03. The number of amides is 1. The summed E-state index contributed by atoms with van der Waals surface area (Å²) in [5.74, 6) is -1.98. The van der Waals surface area contributed by atoms with E-state index in [1.54, 1.807) is 0 Å². The molecule has 1 aromatic rings. The second-order valence-corrected chi connectivity index (χ2v) is 6.48. The maximum absolute atomic E-state index is 12.9. The van der Waals surface area contributed by atoms with Gasteiger partial charge in [-0.1, -0.05) is 36.0 Å². The fourth-order valence-electron chi connectivity index (χ4n) is 2.98. The highest BCUT2D eigenvalue weighted by atomic mass is 35.5. The van der Waals surface area contributed by atoms with Crippen molar-refractivity contribution in [3.05, 3.63) is 33.3 Å². The average molecular weight is 358 g/mol. The minimum absolute atomic E-state index is 0.0585. The number of carboxylic acids is 1. The molecule has 1 aliphatic rings. The molecule has 124 valence electrons. The van der Waals surface area contributed by atoms with Crippen LogP contribution in [0.25, 0.3) is 0 Å². The minimum Gasteiger partial charge on any atom is -0.480 e. The van der Waals surface area contributed by atoms with Gasteiger partial charge >= 0.3 is 5.97 Å². The van der Waals surface area contributed by atoms with Crippen LogP contribution in [0.15, 0.2) is 12.1 Å². The van der Waals surface area contributed by atoms with Crippen LogP contribution in [0, 0.1) is 0 Å². The number of carbonyl (C=O) groups excluding carboxylic acids is 2. The summed E-state index contributed by atoms with van der Waals surface area (Å²) in [5, 5.41) is 9.43. The molecule has 1 N–H and O–H groups in total. The molecule has 0 aromatic heterocycles. The molecule has 1 fully saturated rings. The number of carbonyl (C=O) groups is 3. The summed E-state index contributed by atoms with van der Waals surface area (Å²) in [5.41, 5.74) is 0.137. The Morgan fingerprint density at radius 1 is 1.22 bits per heavy atom. The monoisotopic (exact) mass is 357 g/mol. The number of carboxylic acid groups (broad SMARTS) is 1. The number of benzene rings is 1. The van der Waals surface area contributed by atoms with E-state index in [-0.39, 0.29) is 33.0 Å². The molecule has 0 spiro atoms. The van der Waals surface area contributed by atoms with E-state index in [0.717, 1.165) is 25.7 Å². The number of hydrogen-bond acceptors (Lipinski definition) is 3. The molecule has 1 amide bonds. The van der Waals surface area contributed by atoms with Crippen molar-refractivity contribution in [1.82, 2.24) is 4.90 Å². The van der Waals surface area contributed by atoms with Crippen molar-refractivity contribution in [1.29, 1.82) is 0 Å². The maximum Gasteiger partial charge on any atom is 0.323 e. The Hall–Kier alpha value is -1.59. The van der Waals surface area contributed by atoms with Crippen LogP contribution >= 0.6 is 23.2 Å².